The van der Waals surface area contributed by atoms with Gasteiger partial charge < -0.3 is 10.8 Å². The highest BCUT2D eigenvalue weighted by Gasteiger charge is 2.19. The summed E-state index contributed by atoms with van der Waals surface area (Å²) in [5.74, 6) is 0.620. The molecule has 0 aliphatic heterocycles. The summed E-state index contributed by atoms with van der Waals surface area (Å²) in [4.78, 5) is 0. The molecule has 0 aromatic heterocycles. The fraction of sp³-hybridized carbons (Fsp3) is 1.00. The van der Waals surface area contributed by atoms with Crippen molar-refractivity contribution in [2.24, 2.45) is 17.6 Å². The summed E-state index contributed by atoms with van der Waals surface area (Å²) in [5, 5.41) is 9.64. The second-order valence-electron chi connectivity index (χ2n) is 3.52. The predicted molar refractivity (Wildman–Crippen MR) is 48.3 cm³/mol. The molecule has 2 atom stereocenters. The van der Waals surface area contributed by atoms with Crippen LogP contribution in [0.3, 0.4) is 0 Å². The Bertz CT molecular complexity index is 93.6. The Morgan fingerprint density at radius 2 is 1.91 bits per heavy atom. The Hall–Kier alpha value is -0.0800. The van der Waals surface area contributed by atoms with Crippen LogP contribution in [0.4, 0.5) is 0 Å². The standard InChI is InChI=1S/C9H21NO/c1-4-5-8(6-10)9(11)7(2)3/h7-9,11H,4-6,10H2,1-3H3. The van der Waals surface area contributed by atoms with Gasteiger partial charge in [-0.25, -0.2) is 0 Å². The van der Waals surface area contributed by atoms with Gasteiger partial charge in [0.2, 0.25) is 0 Å². The molecule has 0 heterocycles. The molecule has 3 N–H and O–H groups in total. The van der Waals surface area contributed by atoms with E-state index in [1.165, 1.54) is 0 Å². The van der Waals surface area contributed by atoms with Gasteiger partial charge in [0.1, 0.15) is 0 Å². The zero-order valence-electron chi connectivity index (χ0n) is 7.88. The van der Waals surface area contributed by atoms with Crippen molar-refractivity contribution in [1.82, 2.24) is 0 Å². The van der Waals surface area contributed by atoms with Gasteiger partial charge in [0.15, 0.2) is 0 Å². The highest BCUT2D eigenvalue weighted by atomic mass is 16.3. The average molecular weight is 159 g/mol. The molecule has 0 aliphatic rings. The topological polar surface area (TPSA) is 46.2 Å². The first-order valence-electron chi connectivity index (χ1n) is 4.51. The molecule has 0 aromatic carbocycles. The molecule has 0 saturated carbocycles. The Kier molecular flexibility index (Phi) is 5.51. The van der Waals surface area contributed by atoms with Gasteiger partial charge in [-0.1, -0.05) is 27.2 Å². The smallest absolute Gasteiger partial charge is 0.0603 e. The van der Waals surface area contributed by atoms with E-state index in [1.807, 2.05) is 13.8 Å². The van der Waals surface area contributed by atoms with Crippen LogP contribution in [-0.4, -0.2) is 17.8 Å². The summed E-state index contributed by atoms with van der Waals surface area (Å²) in [6, 6.07) is 0. The van der Waals surface area contributed by atoms with E-state index in [0.717, 1.165) is 12.8 Å². The molecular formula is C9H21NO. The van der Waals surface area contributed by atoms with Crippen LogP contribution in [-0.2, 0) is 0 Å². The van der Waals surface area contributed by atoms with Crippen LogP contribution in [0.25, 0.3) is 0 Å². The highest BCUT2D eigenvalue weighted by Crippen LogP contribution is 2.16. The first-order chi connectivity index (χ1) is 5.13. The van der Waals surface area contributed by atoms with Crippen molar-refractivity contribution >= 4 is 0 Å². The summed E-state index contributed by atoms with van der Waals surface area (Å²) in [5.41, 5.74) is 5.54. The Labute approximate surface area is 69.8 Å². The molecule has 0 rings (SSSR count). The minimum Gasteiger partial charge on any atom is -0.393 e. The van der Waals surface area contributed by atoms with E-state index in [1.54, 1.807) is 0 Å². The third-order valence-corrected chi connectivity index (χ3v) is 2.13. The van der Waals surface area contributed by atoms with E-state index in [-0.39, 0.29) is 6.10 Å². The van der Waals surface area contributed by atoms with E-state index in [4.69, 9.17) is 5.73 Å². The molecule has 2 nitrogen and oxygen atoms in total. The lowest BCUT2D eigenvalue weighted by atomic mass is 9.90. The first kappa shape index (κ1) is 10.9. The van der Waals surface area contributed by atoms with Crippen molar-refractivity contribution in [2.45, 2.75) is 39.7 Å². The van der Waals surface area contributed by atoms with Gasteiger partial charge in [0.25, 0.3) is 0 Å². The van der Waals surface area contributed by atoms with Crippen molar-refractivity contribution in [2.75, 3.05) is 6.54 Å². The fourth-order valence-corrected chi connectivity index (χ4v) is 1.34. The van der Waals surface area contributed by atoms with Gasteiger partial charge in [-0.3, -0.25) is 0 Å². The van der Waals surface area contributed by atoms with Crippen LogP contribution in [0.5, 0.6) is 0 Å². The average Bonchev–Trinajstić information content (AvgIpc) is 1.98. The maximum atomic E-state index is 9.64. The van der Waals surface area contributed by atoms with E-state index in [2.05, 4.69) is 6.92 Å². The van der Waals surface area contributed by atoms with E-state index >= 15 is 0 Å². The normalized spacial score (nSPS) is 16.9. The molecule has 0 saturated heterocycles. The van der Waals surface area contributed by atoms with Gasteiger partial charge in [-0.15, -0.1) is 0 Å². The maximum Gasteiger partial charge on any atom is 0.0603 e. The van der Waals surface area contributed by atoms with Crippen molar-refractivity contribution in [3.05, 3.63) is 0 Å². The number of nitrogens with two attached hydrogens (primary N) is 1. The molecule has 11 heavy (non-hydrogen) atoms. The number of hydrogen-bond acceptors (Lipinski definition) is 2. The first-order valence-corrected chi connectivity index (χ1v) is 4.51. The summed E-state index contributed by atoms with van der Waals surface area (Å²) >= 11 is 0. The zero-order chi connectivity index (χ0) is 8.85. The predicted octanol–water partition coefficient (Wildman–Crippen LogP) is 1.38. The van der Waals surface area contributed by atoms with Gasteiger partial charge in [-0.2, -0.15) is 0 Å². The second-order valence-corrected chi connectivity index (χ2v) is 3.52. The second kappa shape index (κ2) is 5.56. The molecule has 0 amide bonds. The number of rotatable bonds is 5. The van der Waals surface area contributed by atoms with E-state index in [0.29, 0.717) is 18.4 Å². The van der Waals surface area contributed by atoms with Crippen molar-refractivity contribution in [3.63, 3.8) is 0 Å². The monoisotopic (exact) mass is 159 g/mol. The van der Waals surface area contributed by atoms with Crippen LogP contribution < -0.4 is 5.73 Å². The lowest BCUT2D eigenvalue weighted by Crippen LogP contribution is -2.31. The lowest BCUT2D eigenvalue weighted by molar-refractivity contribution is 0.0636. The molecule has 2 heteroatoms. The van der Waals surface area contributed by atoms with Crippen LogP contribution >= 0.6 is 0 Å². The molecule has 0 bridgehead atoms. The Balaban J connectivity index is 3.81. The summed E-state index contributed by atoms with van der Waals surface area (Å²) in [6.07, 6.45) is 1.92. The molecular weight excluding hydrogens is 138 g/mol. The van der Waals surface area contributed by atoms with Gasteiger partial charge in [0, 0.05) is 0 Å². The van der Waals surface area contributed by atoms with Gasteiger partial charge >= 0.3 is 0 Å². The fourth-order valence-electron chi connectivity index (χ4n) is 1.34. The summed E-state index contributed by atoms with van der Waals surface area (Å²) in [6.45, 7) is 6.79. The quantitative estimate of drug-likeness (QED) is 0.636. The van der Waals surface area contributed by atoms with E-state index < -0.39 is 0 Å². The summed E-state index contributed by atoms with van der Waals surface area (Å²) < 4.78 is 0. The van der Waals surface area contributed by atoms with Crippen molar-refractivity contribution in [3.8, 4) is 0 Å². The van der Waals surface area contributed by atoms with Crippen LogP contribution in [0.1, 0.15) is 33.6 Å². The van der Waals surface area contributed by atoms with Crippen LogP contribution in [0.2, 0.25) is 0 Å². The highest BCUT2D eigenvalue weighted by molar-refractivity contribution is 4.71. The SMILES string of the molecule is CCCC(CN)C(O)C(C)C. The molecule has 0 aliphatic carbocycles. The molecule has 0 radical (unpaired) electrons. The minimum absolute atomic E-state index is 0.222. The molecule has 0 spiro atoms. The van der Waals surface area contributed by atoms with Crippen molar-refractivity contribution in [1.29, 1.82) is 0 Å². The van der Waals surface area contributed by atoms with Crippen LogP contribution in [0, 0.1) is 11.8 Å². The number of aliphatic hydroxyl groups is 1. The Morgan fingerprint density at radius 1 is 1.36 bits per heavy atom. The van der Waals surface area contributed by atoms with Gasteiger partial charge in [-0.05, 0) is 24.8 Å². The van der Waals surface area contributed by atoms with Gasteiger partial charge in [0.05, 0.1) is 6.10 Å². The number of aliphatic hydroxyl groups excluding tert-OH is 1. The number of hydrogen-bond donors (Lipinski definition) is 2. The zero-order valence-corrected chi connectivity index (χ0v) is 7.88. The molecule has 0 aromatic rings. The molecule has 68 valence electrons. The molecule has 0 fully saturated rings. The third-order valence-electron chi connectivity index (χ3n) is 2.13. The Morgan fingerprint density at radius 3 is 2.18 bits per heavy atom. The van der Waals surface area contributed by atoms with E-state index in [9.17, 15) is 5.11 Å². The van der Waals surface area contributed by atoms with Crippen molar-refractivity contribution < 1.29 is 5.11 Å². The minimum atomic E-state index is -0.222. The maximum absolute atomic E-state index is 9.64. The summed E-state index contributed by atoms with van der Waals surface area (Å²) in [7, 11) is 0. The largest absolute Gasteiger partial charge is 0.393 e. The third kappa shape index (κ3) is 3.73. The lowest BCUT2D eigenvalue weighted by Gasteiger charge is -2.23. The van der Waals surface area contributed by atoms with Crippen LogP contribution in [0.15, 0.2) is 0 Å². The molecule has 2 unspecified atom stereocenters.